The van der Waals surface area contributed by atoms with Crippen molar-refractivity contribution in [3.63, 3.8) is 0 Å². The monoisotopic (exact) mass is 324 g/mol. The largest absolute Gasteiger partial charge is 0.388 e. The molecule has 2 N–H and O–H groups in total. The Labute approximate surface area is 135 Å². The summed E-state index contributed by atoms with van der Waals surface area (Å²) in [5.74, 6) is -0.0204. The second-order valence-corrected chi connectivity index (χ2v) is 7.18. The van der Waals surface area contributed by atoms with Crippen LogP contribution in [-0.2, 0) is 4.79 Å². The number of nitrogens with zero attached hydrogens (tertiary/aromatic N) is 1. The molecule has 0 spiro atoms. The summed E-state index contributed by atoms with van der Waals surface area (Å²) in [6.07, 6.45) is 2.81. The van der Waals surface area contributed by atoms with E-state index in [-0.39, 0.29) is 17.9 Å². The van der Waals surface area contributed by atoms with Crippen LogP contribution in [0.25, 0.3) is 0 Å². The molecule has 0 aromatic carbocycles. The lowest BCUT2D eigenvalue weighted by Crippen LogP contribution is -2.48. The lowest BCUT2D eigenvalue weighted by atomic mass is 9.96. The summed E-state index contributed by atoms with van der Waals surface area (Å²) in [5.41, 5.74) is -0.862. The maximum absolute atomic E-state index is 12.3. The fraction of sp³-hybridized carbons (Fsp3) is 0.625. The van der Waals surface area contributed by atoms with Crippen molar-refractivity contribution in [2.75, 3.05) is 13.1 Å². The molecule has 1 unspecified atom stereocenters. The molecule has 1 aliphatic rings. The van der Waals surface area contributed by atoms with E-state index in [1.165, 1.54) is 11.3 Å². The Morgan fingerprint density at radius 2 is 2.27 bits per heavy atom. The van der Waals surface area contributed by atoms with Crippen LogP contribution in [0.1, 0.15) is 49.2 Å². The second-order valence-electron chi connectivity index (χ2n) is 6.24. The fourth-order valence-electron chi connectivity index (χ4n) is 2.88. The normalized spacial score (nSPS) is 18.5. The second kappa shape index (κ2) is 7.24. The van der Waals surface area contributed by atoms with Gasteiger partial charge in [-0.3, -0.25) is 9.59 Å². The zero-order chi connectivity index (χ0) is 16.2. The molecular formula is C16H24N2O3S. The highest BCUT2D eigenvalue weighted by Crippen LogP contribution is 2.27. The van der Waals surface area contributed by atoms with Gasteiger partial charge in [-0.25, -0.2) is 0 Å². The lowest BCUT2D eigenvalue weighted by molar-refractivity contribution is -0.136. The molecule has 1 atom stereocenters. The molecule has 6 heteroatoms. The Bertz CT molecular complexity index is 508. The topological polar surface area (TPSA) is 69.6 Å². The van der Waals surface area contributed by atoms with Crippen LogP contribution >= 0.6 is 11.3 Å². The number of carbonyl (C=O) groups is 2. The van der Waals surface area contributed by atoms with Gasteiger partial charge < -0.3 is 15.3 Å². The van der Waals surface area contributed by atoms with Gasteiger partial charge in [-0.15, -0.1) is 11.3 Å². The molecule has 0 saturated carbocycles. The van der Waals surface area contributed by atoms with Crippen LogP contribution in [-0.4, -0.2) is 46.6 Å². The van der Waals surface area contributed by atoms with E-state index < -0.39 is 5.60 Å². The van der Waals surface area contributed by atoms with E-state index in [1.807, 2.05) is 11.4 Å². The summed E-state index contributed by atoms with van der Waals surface area (Å²) in [4.78, 5) is 26.5. The molecule has 2 heterocycles. The Morgan fingerprint density at radius 3 is 2.91 bits per heavy atom. The first-order chi connectivity index (χ1) is 10.4. The molecule has 22 heavy (non-hydrogen) atoms. The summed E-state index contributed by atoms with van der Waals surface area (Å²) < 4.78 is 0. The van der Waals surface area contributed by atoms with Gasteiger partial charge in [0.25, 0.3) is 5.91 Å². The first kappa shape index (κ1) is 17.0. The van der Waals surface area contributed by atoms with Crippen LogP contribution in [0.15, 0.2) is 17.5 Å². The van der Waals surface area contributed by atoms with Crippen LogP contribution in [0, 0.1) is 0 Å². The summed E-state index contributed by atoms with van der Waals surface area (Å²) in [7, 11) is 0. The van der Waals surface area contributed by atoms with Crippen molar-refractivity contribution in [1.29, 1.82) is 0 Å². The highest BCUT2D eigenvalue weighted by Gasteiger charge is 2.37. The third-order valence-electron chi connectivity index (χ3n) is 3.99. The molecule has 1 aromatic rings. The first-order valence-electron chi connectivity index (χ1n) is 7.73. The van der Waals surface area contributed by atoms with Crippen LogP contribution in [0.2, 0.25) is 0 Å². The van der Waals surface area contributed by atoms with E-state index in [4.69, 9.17) is 0 Å². The predicted molar refractivity (Wildman–Crippen MR) is 86.9 cm³/mol. The number of hydrogen-bond acceptors (Lipinski definition) is 4. The quantitative estimate of drug-likeness (QED) is 0.787. The highest BCUT2D eigenvalue weighted by atomic mass is 32.1. The van der Waals surface area contributed by atoms with Gasteiger partial charge in [0.05, 0.1) is 16.5 Å². The fourth-order valence-corrected chi connectivity index (χ4v) is 3.52. The minimum Gasteiger partial charge on any atom is -0.388 e. The molecule has 122 valence electrons. The standard InChI is InChI=1S/C16H24N2O3S/c1-16(2,21)13-7-4-10-18(13)14(19)8-3-9-17-15(20)12-6-5-11-22-12/h5-6,11,13,21H,3-4,7-10H2,1-2H3,(H,17,20). The van der Waals surface area contributed by atoms with Gasteiger partial charge in [0.1, 0.15) is 0 Å². The third kappa shape index (κ3) is 4.30. The first-order valence-corrected chi connectivity index (χ1v) is 8.61. The van der Waals surface area contributed by atoms with Crippen molar-refractivity contribution in [3.05, 3.63) is 22.4 Å². The lowest BCUT2D eigenvalue weighted by Gasteiger charge is -2.33. The van der Waals surface area contributed by atoms with Crippen molar-refractivity contribution < 1.29 is 14.7 Å². The maximum Gasteiger partial charge on any atom is 0.261 e. The number of aliphatic hydroxyl groups is 1. The average molecular weight is 324 g/mol. The van der Waals surface area contributed by atoms with E-state index in [2.05, 4.69) is 5.32 Å². The molecule has 0 radical (unpaired) electrons. The van der Waals surface area contributed by atoms with Crippen molar-refractivity contribution >= 4 is 23.2 Å². The minimum absolute atomic E-state index is 0.0648. The molecule has 1 aliphatic heterocycles. The van der Waals surface area contributed by atoms with Gasteiger partial charge in [0.15, 0.2) is 0 Å². The number of rotatable bonds is 6. The van der Waals surface area contributed by atoms with Gasteiger partial charge in [0, 0.05) is 19.5 Å². The zero-order valence-corrected chi connectivity index (χ0v) is 14.0. The van der Waals surface area contributed by atoms with Crippen molar-refractivity contribution in [2.45, 2.75) is 51.2 Å². The van der Waals surface area contributed by atoms with Gasteiger partial charge in [0.2, 0.25) is 5.91 Å². The number of carbonyl (C=O) groups excluding carboxylic acids is 2. The van der Waals surface area contributed by atoms with Gasteiger partial charge in [-0.1, -0.05) is 6.07 Å². The van der Waals surface area contributed by atoms with E-state index >= 15 is 0 Å². The molecule has 1 saturated heterocycles. The summed E-state index contributed by atoms with van der Waals surface area (Å²) in [6.45, 7) is 4.72. The Hall–Kier alpha value is -1.40. The number of hydrogen-bond donors (Lipinski definition) is 2. The van der Waals surface area contributed by atoms with Gasteiger partial charge in [-0.05, 0) is 44.6 Å². The SMILES string of the molecule is CC(C)(O)C1CCCN1C(=O)CCCNC(=O)c1cccs1. The van der Waals surface area contributed by atoms with Crippen LogP contribution in [0.4, 0.5) is 0 Å². The summed E-state index contributed by atoms with van der Waals surface area (Å²) >= 11 is 1.40. The van der Waals surface area contributed by atoms with Crippen LogP contribution < -0.4 is 5.32 Å². The Kier molecular flexibility index (Phi) is 5.58. The minimum atomic E-state index is -0.862. The molecule has 2 rings (SSSR count). The maximum atomic E-state index is 12.3. The smallest absolute Gasteiger partial charge is 0.261 e. The summed E-state index contributed by atoms with van der Waals surface area (Å²) in [6, 6.07) is 3.53. The average Bonchev–Trinajstić information content (AvgIpc) is 3.11. The Balaban J connectivity index is 1.73. The zero-order valence-electron chi connectivity index (χ0n) is 13.2. The van der Waals surface area contributed by atoms with Crippen molar-refractivity contribution in [2.24, 2.45) is 0 Å². The molecule has 1 aromatic heterocycles. The van der Waals surface area contributed by atoms with Crippen LogP contribution in [0.5, 0.6) is 0 Å². The summed E-state index contributed by atoms with van der Waals surface area (Å²) in [5, 5.41) is 14.8. The third-order valence-corrected chi connectivity index (χ3v) is 4.86. The molecule has 2 amide bonds. The van der Waals surface area contributed by atoms with E-state index in [0.717, 1.165) is 19.4 Å². The molecule has 0 bridgehead atoms. The molecule has 1 fully saturated rings. The Morgan fingerprint density at radius 1 is 1.50 bits per heavy atom. The highest BCUT2D eigenvalue weighted by molar-refractivity contribution is 7.12. The van der Waals surface area contributed by atoms with Gasteiger partial charge >= 0.3 is 0 Å². The number of thiophene rings is 1. The van der Waals surface area contributed by atoms with Gasteiger partial charge in [-0.2, -0.15) is 0 Å². The van der Waals surface area contributed by atoms with E-state index in [9.17, 15) is 14.7 Å². The van der Waals surface area contributed by atoms with Crippen molar-refractivity contribution in [1.82, 2.24) is 10.2 Å². The van der Waals surface area contributed by atoms with Crippen molar-refractivity contribution in [3.8, 4) is 0 Å². The number of likely N-dealkylation sites (tertiary alicyclic amines) is 1. The molecular weight excluding hydrogens is 300 g/mol. The predicted octanol–water partition coefficient (Wildman–Crippen LogP) is 2.02. The van der Waals surface area contributed by atoms with E-state index in [0.29, 0.717) is 24.3 Å². The number of amides is 2. The molecule has 0 aliphatic carbocycles. The number of nitrogens with one attached hydrogen (secondary N) is 1. The molecule has 5 nitrogen and oxygen atoms in total. The van der Waals surface area contributed by atoms with Crippen LogP contribution in [0.3, 0.4) is 0 Å². The van der Waals surface area contributed by atoms with E-state index in [1.54, 1.807) is 24.8 Å².